The van der Waals surface area contributed by atoms with Crippen LogP contribution < -0.4 is 0 Å². The second kappa shape index (κ2) is 5.06. The molecule has 0 saturated heterocycles. The zero-order valence-electron chi connectivity index (χ0n) is 13.8. The van der Waals surface area contributed by atoms with Crippen molar-refractivity contribution >= 4 is 12.3 Å². The second-order valence-corrected chi connectivity index (χ2v) is 8.30. The highest BCUT2D eigenvalue weighted by molar-refractivity contribution is 5.78. The Labute approximate surface area is 137 Å². The molecule has 0 unspecified atom stereocenters. The van der Waals surface area contributed by atoms with Gasteiger partial charge in [0, 0.05) is 10.8 Å². The summed E-state index contributed by atoms with van der Waals surface area (Å²) >= 11 is 0. The molecule has 0 heterocycles. The number of aldehydes is 1. The third-order valence-corrected chi connectivity index (χ3v) is 7.72. The van der Waals surface area contributed by atoms with E-state index in [0.717, 1.165) is 44.8 Å². The molecule has 4 aliphatic carbocycles. The summed E-state index contributed by atoms with van der Waals surface area (Å²) in [5.74, 6) is 0.122. The third kappa shape index (κ3) is 1.88. The third-order valence-electron chi connectivity index (χ3n) is 7.72. The smallest absolute Gasteiger partial charge is 0.307 e. The maximum absolute atomic E-state index is 12.0. The summed E-state index contributed by atoms with van der Waals surface area (Å²) in [5, 5.41) is 9.60. The molecular formula is C20H26O3. The summed E-state index contributed by atoms with van der Waals surface area (Å²) in [6, 6.07) is 0. The van der Waals surface area contributed by atoms with Crippen LogP contribution in [0.5, 0.6) is 0 Å². The van der Waals surface area contributed by atoms with E-state index < -0.39 is 17.3 Å². The minimum atomic E-state index is -0.766. The fraction of sp³-hybridized carbons (Fsp3) is 0.700. The van der Waals surface area contributed by atoms with Gasteiger partial charge >= 0.3 is 5.97 Å². The van der Waals surface area contributed by atoms with Crippen molar-refractivity contribution in [2.24, 2.45) is 34.5 Å². The van der Waals surface area contributed by atoms with Crippen LogP contribution in [0.25, 0.3) is 0 Å². The van der Waals surface area contributed by atoms with Crippen molar-refractivity contribution in [1.29, 1.82) is 0 Å². The monoisotopic (exact) mass is 314 g/mol. The lowest BCUT2D eigenvalue weighted by Gasteiger charge is -2.56. The fourth-order valence-corrected chi connectivity index (χ4v) is 6.65. The summed E-state index contributed by atoms with van der Waals surface area (Å²) in [6.45, 7) is 2.36. The van der Waals surface area contributed by atoms with Gasteiger partial charge < -0.3 is 9.90 Å². The summed E-state index contributed by atoms with van der Waals surface area (Å²) in [5.41, 5.74) is 1.12. The van der Waals surface area contributed by atoms with E-state index in [2.05, 4.69) is 25.2 Å². The Kier molecular flexibility index (Phi) is 3.33. The van der Waals surface area contributed by atoms with Gasteiger partial charge in [-0.15, -0.1) is 0 Å². The van der Waals surface area contributed by atoms with Crippen molar-refractivity contribution in [1.82, 2.24) is 0 Å². The van der Waals surface area contributed by atoms with E-state index in [9.17, 15) is 14.7 Å². The van der Waals surface area contributed by atoms with Gasteiger partial charge in [-0.1, -0.05) is 30.7 Å². The zero-order chi connectivity index (χ0) is 16.2. The molecule has 0 bridgehead atoms. The van der Waals surface area contributed by atoms with Crippen molar-refractivity contribution in [2.45, 2.75) is 51.9 Å². The summed E-state index contributed by atoms with van der Waals surface area (Å²) in [6.07, 6.45) is 14.7. The van der Waals surface area contributed by atoms with Crippen LogP contribution in [-0.2, 0) is 9.59 Å². The molecule has 23 heavy (non-hydrogen) atoms. The molecule has 3 fully saturated rings. The molecule has 0 spiro atoms. The Morgan fingerprint density at radius 1 is 1.26 bits per heavy atom. The number of hydrogen-bond acceptors (Lipinski definition) is 2. The van der Waals surface area contributed by atoms with Crippen molar-refractivity contribution in [3.63, 3.8) is 0 Å². The molecule has 0 aromatic carbocycles. The van der Waals surface area contributed by atoms with Gasteiger partial charge in [-0.25, -0.2) is 0 Å². The first-order chi connectivity index (χ1) is 11.0. The number of hydrogen-bond donors (Lipinski definition) is 1. The quantitative estimate of drug-likeness (QED) is 0.619. The van der Waals surface area contributed by atoms with Gasteiger partial charge in [0.15, 0.2) is 0 Å². The lowest BCUT2D eigenvalue weighted by atomic mass is 9.47. The second-order valence-electron chi connectivity index (χ2n) is 8.30. The molecule has 6 atom stereocenters. The molecule has 0 amide bonds. The highest BCUT2D eigenvalue weighted by Gasteiger charge is 2.61. The van der Waals surface area contributed by atoms with Crippen molar-refractivity contribution in [2.75, 3.05) is 0 Å². The SMILES string of the molecule is C[C@]12C=CCC=C1CC[C@H]1[C@@H]3CC[C@H](C(=O)O)[C@@]3(C=O)CC[C@@H]12. The molecule has 0 aromatic rings. The molecule has 3 heteroatoms. The molecule has 0 radical (unpaired) electrons. The van der Waals surface area contributed by atoms with Crippen LogP contribution in [0.3, 0.4) is 0 Å². The number of carbonyl (C=O) groups excluding carboxylic acids is 1. The largest absolute Gasteiger partial charge is 0.481 e. The van der Waals surface area contributed by atoms with Crippen LogP contribution in [0, 0.1) is 34.5 Å². The molecule has 4 rings (SSSR count). The Balaban J connectivity index is 1.71. The number of carbonyl (C=O) groups is 2. The van der Waals surface area contributed by atoms with Crippen molar-refractivity contribution in [3.05, 3.63) is 23.8 Å². The van der Waals surface area contributed by atoms with E-state index in [1.165, 1.54) is 0 Å². The first-order valence-corrected chi connectivity index (χ1v) is 9.09. The summed E-state index contributed by atoms with van der Waals surface area (Å²) in [7, 11) is 0. The minimum absolute atomic E-state index is 0.136. The van der Waals surface area contributed by atoms with Crippen LogP contribution in [0.15, 0.2) is 23.8 Å². The van der Waals surface area contributed by atoms with Gasteiger partial charge in [0.25, 0.3) is 0 Å². The first-order valence-electron chi connectivity index (χ1n) is 9.09. The zero-order valence-corrected chi connectivity index (χ0v) is 13.8. The van der Waals surface area contributed by atoms with E-state index in [0.29, 0.717) is 18.3 Å². The molecule has 3 saturated carbocycles. The van der Waals surface area contributed by atoms with Gasteiger partial charge in [0.1, 0.15) is 6.29 Å². The van der Waals surface area contributed by atoms with Crippen LogP contribution in [0.2, 0.25) is 0 Å². The Morgan fingerprint density at radius 3 is 2.83 bits per heavy atom. The Morgan fingerprint density at radius 2 is 2.09 bits per heavy atom. The molecule has 124 valence electrons. The van der Waals surface area contributed by atoms with E-state index in [-0.39, 0.29) is 11.3 Å². The normalized spacial score (nSPS) is 48.0. The van der Waals surface area contributed by atoms with Gasteiger partial charge in [0.05, 0.1) is 5.92 Å². The number of fused-ring (bicyclic) bond motifs is 5. The van der Waals surface area contributed by atoms with E-state index in [1.807, 2.05) is 0 Å². The van der Waals surface area contributed by atoms with Gasteiger partial charge in [0.2, 0.25) is 0 Å². The highest BCUT2D eigenvalue weighted by atomic mass is 16.4. The predicted molar refractivity (Wildman–Crippen MR) is 87.7 cm³/mol. The average Bonchev–Trinajstić information content (AvgIpc) is 2.94. The first kappa shape index (κ1) is 15.2. The van der Waals surface area contributed by atoms with Crippen LogP contribution >= 0.6 is 0 Å². The number of allylic oxidation sites excluding steroid dienone is 4. The van der Waals surface area contributed by atoms with Crippen molar-refractivity contribution in [3.8, 4) is 0 Å². The van der Waals surface area contributed by atoms with Crippen LogP contribution in [-0.4, -0.2) is 17.4 Å². The molecule has 4 aliphatic rings. The maximum atomic E-state index is 12.0. The summed E-state index contributed by atoms with van der Waals surface area (Å²) < 4.78 is 0. The fourth-order valence-electron chi connectivity index (χ4n) is 6.65. The minimum Gasteiger partial charge on any atom is -0.481 e. The highest BCUT2D eigenvalue weighted by Crippen LogP contribution is 2.65. The molecule has 0 aromatic heterocycles. The van der Waals surface area contributed by atoms with E-state index in [4.69, 9.17) is 0 Å². The Hall–Kier alpha value is -1.38. The van der Waals surface area contributed by atoms with Gasteiger partial charge in [-0.2, -0.15) is 0 Å². The maximum Gasteiger partial charge on any atom is 0.307 e. The number of aliphatic carboxylic acids is 1. The lowest BCUT2D eigenvalue weighted by Crippen LogP contribution is -2.51. The molecular weight excluding hydrogens is 288 g/mol. The average molecular weight is 314 g/mol. The Bertz CT molecular complexity index is 604. The van der Waals surface area contributed by atoms with Gasteiger partial charge in [-0.05, 0) is 62.7 Å². The van der Waals surface area contributed by atoms with Crippen LogP contribution in [0.1, 0.15) is 51.9 Å². The molecule has 3 nitrogen and oxygen atoms in total. The molecule has 1 N–H and O–H groups in total. The lowest BCUT2D eigenvalue weighted by molar-refractivity contribution is -0.153. The number of rotatable bonds is 2. The topological polar surface area (TPSA) is 54.4 Å². The van der Waals surface area contributed by atoms with E-state index in [1.54, 1.807) is 5.57 Å². The van der Waals surface area contributed by atoms with Crippen molar-refractivity contribution < 1.29 is 14.7 Å². The number of carboxylic acid groups (broad SMARTS) is 1. The number of carboxylic acids is 1. The standard InChI is InChI=1S/C20H26O3/c1-19-10-3-2-4-13(19)5-6-14-15(19)9-11-20(12-21)16(14)7-8-17(20)18(22)23/h3-4,10,12,14-17H,2,5-9,11H2,1H3,(H,22,23)/t14-,15+,16+,17-,19+,20-/m1/s1. The van der Waals surface area contributed by atoms with E-state index >= 15 is 0 Å². The van der Waals surface area contributed by atoms with Crippen LogP contribution in [0.4, 0.5) is 0 Å². The summed E-state index contributed by atoms with van der Waals surface area (Å²) in [4.78, 5) is 23.7. The predicted octanol–water partition coefficient (Wildman–Crippen LogP) is 4.00. The molecule has 0 aliphatic heterocycles. The van der Waals surface area contributed by atoms with Gasteiger partial charge in [-0.3, -0.25) is 4.79 Å².